The quantitative estimate of drug-likeness (QED) is 0.617. The van der Waals surface area contributed by atoms with Crippen molar-refractivity contribution < 1.29 is 22.1 Å². The number of esters is 1. The Morgan fingerprint density at radius 3 is 2.32 bits per heavy atom. The van der Waals surface area contributed by atoms with Gasteiger partial charge in [-0.25, -0.2) is 4.79 Å². The summed E-state index contributed by atoms with van der Waals surface area (Å²) >= 11 is 5.86. The van der Waals surface area contributed by atoms with Crippen LogP contribution in [0.4, 0.5) is 0 Å². The summed E-state index contributed by atoms with van der Waals surface area (Å²) in [5.74, 6) is -0.407. The van der Waals surface area contributed by atoms with E-state index in [1.165, 1.54) is 36.4 Å². The largest absolute Gasteiger partial charge is 0.462 e. The highest BCUT2D eigenvalue weighted by molar-refractivity contribution is 7.87. The molecule has 0 spiro atoms. The third kappa shape index (κ3) is 3.78. The topological polar surface area (TPSA) is 69.7 Å². The molecule has 7 heteroatoms. The monoisotopic (exact) mass is 340 g/mol. The van der Waals surface area contributed by atoms with Gasteiger partial charge in [-0.05, 0) is 43.3 Å². The second kappa shape index (κ2) is 6.81. The minimum absolute atomic E-state index is 0.0747. The fraction of sp³-hybridized carbons (Fsp3) is 0.133. The molecule has 0 amide bonds. The van der Waals surface area contributed by atoms with E-state index >= 15 is 0 Å². The molecule has 0 bridgehead atoms. The maximum absolute atomic E-state index is 12.1. The molecule has 0 saturated carbocycles. The Balaban J connectivity index is 2.20. The minimum Gasteiger partial charge on any atom is -0.462 e. The van der Waals surface area contributed by atoms with Gasteiger partial charge in [0.05, 0.1) is 17.2 Å². The number of hydrogen-bond acceptors (Lipinski definition) is 5. The molecule has 0 unspecified atom stereocenters. The van der Waals surface area contributed by atoms with Crippen LogP contribution in [0.25, 0.3) is 0 Å². The lowest BCUT2D eigenvalue weighted by molar-refractivity contribution is 0.0526. The van der Waals surface area contributed by atoms with Crippen molar-refractivity contribution in [3.8, 4) is 5.75 Å². The molecule has 0 N–H and O–H groups in total. The second-order valence-corrected chi connectivity index (χ2v) is 6.13. The van der Waals surface area contributed by atoms with Gasteiger partial charge in [0.1, 0.15) is 10.6 Å². The van der Waals surface area contributed by atoms with Crippen molar-refractivity contribution in [1.29, 1.82) is 0 Å². The van der Waals surface area contributed by atoms with E-state index in [0.717, 1.165) is 0 Å². The number of hydrogen-bond donors (Lipinski definition) is 0. The van der Waals surface area contributed by atoms with E-state index in [1.54, 1.807) is 19.1 Å². The lowest BCUT2D eigenvalue weighted by Crippen LogP contribution is -2.10. The van der Waals surface area contributed by atoms with Gasteiger partial charge in [-0.1, -0.05) is 23.7 Å². The van der Waals surface area contributed by atoms with Crippen molar-refractivity contribution in [2.45, 2.75) is 11.8 Å². The molecule has 2 rings (SSSR count). The van der Waals surface area contributed by atoms with Crippen molar-refractivity contribution in [3.63, 3.8) is 0 Å². The lowest BCUT2D eigenvalue weighted by atomic mass is 10.2. The fourth-order valence-corrected chi connectivity index (χ4v) is 3.11. The van der Waals surface area contributed by atoms with Crippen LogP contribution in [0.15, 0.2) is 53.4 Å². The molecule has 2 aromatic rings. The van der Waals surface area contributed by atoms with Crippen LogP contribution in [0.5, 0.6) is 5.75 Å². The van der Waals surface area contributed by atoms with Crippen LogP contribution >= 0.6 is 11.6 Å². The first-order valence-electron chi connectivity index (χ1n) is 6.40. The molecular weight excluding hydrogens is 328 g/mol. The molecule has 0 atom stereocenters. The summed E-state index contributed by atoms with van der Waals surface area (Å²) in [6.45, 7) is 1.96. The highest BCUT2D eigenvalue weighted by Crippen LogP contribution is 2.24. The Bertz CT molecular complexity index is 769. The van der Waals surface area contributed by atoms with E-state index in [9.17, 15) is 13.2 Å². The molecule has 0 heterocycles. The predicted molar refractivity (Wildman–Crippen MR) is 81.7 cm³/mol. The molecule has 116 valence electrons. The molecule has 0 aliphatic carbocycles. The van der Waals surface area contributed by atoms with Gasteiger partial charge in [0.25, 0.3) is 0 Å². The van der Waals surface area contributed by atoms with E-state index in [4.69, 9.17) is 20.5 Å². The maximum atomic E-state index is 12.1. The zero-order valence-electron chi connectivity index (χ0n) is 11.7. The number of ether oxygens (including phenoxy) is 1. The number of carbonyl (C=O) groups is 1. The van der Waals surface area contributed by atoms with Gasteiger partial charge < -0.3 is 8.92 Å². The summed E-state index contributed by atoms with van der Waals surface area (Å²) < 4.78 is 34.1. The van der Waals surface area contributed by atoms with Crippen LogP contribution in [-0.2, 0) is 14.9 Å². The third-order valence-electron chi connectivity index (χ3n) is 2.68. The molecule has 5 nitrogen and oxygen atoms in total. The van der Waals surface area contributed by atoms with Crippen LogP contribution in [0.2, 0.25) is 5.02 Å². The average molecular weight is 341 g/mol. The lowest BCUT2D eigenvalue weighted by Gasteiger charge is -2.08. The maximum Gasteiger partial charge on any atom is 0.340 e. The number of benzene rings is 2. The summed E-state index contributed by atoms with van der Waals surface area (Å²) in [4.78, 5) is 11.4. The van der Waals surface area contributed by atoms with Crippen LogP contribution in [0.1, 0.15) is 17.3 Å². The van der Waals surface area contributed by atoms with Gasteiger partial charge >= 0.3 is 16.1 Å². The molecule has 0 saturated heterocycles. The highest BCUT2D eigenvalue weighted by atomic mass is 35.5. The first-order valence-corrected chi connectivity index (χ1v) is 8.19. The van der Waals surface area contributed by atoms with E-state index in [2.05, 4.69) is 0 Å². The molecule has 0 fully saturated rings. The molecule has 0 aromatic heterocycles. The molecule has 2 aromatic carbocycles. The van der Waals surface area contributed by atoms with E-state index in [0.29, 0.717) is 5.56 Å². The Labute approximate surface area is 133 Å². The standard InChI is InChI=1S/C15H13ClO5S/c1-2-20-15(17)11-7-9-12(10-8-11)21-22(18,19)14-6-4-3-5-13(14)16/h3-10H,2H2,1H3. The normalized spacial score (nSPS) is 11.0. The van der Waals surface area contributed by atoms with Crippen LogP contribution in [0, 0.1) is 0 Å². The first-order chi connectivity index (χ1) is 10.4. The number of carbonyl (C=O) groups excluding carboxylic acids is 1. The summed E-state index contributed by atoms with van der Waals surface area (Å²) in [6.07, 6.45) is 0. The van der Waals surface area contributed by atoms with Crippen molar-refractivity contribution in [2.24, 2.45) is 0 Å². The smallest absolute Gasteiger partial charge is 0.340 e. The van der Waals surface area contributed by atoms with Crippen molar-refractivity contribution in [1.82, 2.24) is 0 Å². The van der Waals surface area contributed by atoms with Crippen molar-refractivity contribution >= 4 is 27.7 Å². The predicted octanol–water partition coefficient (Wildman–Crippen LogP) is 3.28. The van der Waals surface area contributed by atoms with Gasteiger partial charge in [-0.3, -0.25) is 0 Å². The summed E-state index contributed by atoms with van der Waals surface area (Å²) in [7, 11) is -4.04. The summed E-state index contributed by atoms with van der Waals surface area (Å²) in [5.41, 5.74) is 0.310. The van der Waals surface area contributed by atoms with Gasteiger partial charge in [-0.15, -0.1) is 0 Å². The van der Waals surface area contributed by atoms with Gasteiger partial charge in [-0.2, -0.15) is 8.42 Å². The third-order valence-corrected chi connectivity index (χ3v) is 4.43. The molecular formula is C15H13ClO5S. The first kappa shape index (κ1) is 16.3. The molecule has 0 aliphatic heterocycles. The van der Waals surface area contributed by atoms with Gasteiger partial charge in [0, 0.05) is 0 Å². The summed E-state index contributed by atoms with van der Waals surface area (Å²) in [6, 6.07) is 11.6. The van der Waals surface area contributed by atoms with E-state index in [-0.39, 0.29) is 22.3 Å². The zero-order chi connectivity index (χ0) is 16.2. The van der Waals surface area contributed by atoms with Crippen molar-refractivity contribution in [3.05, 3.63) is 59.1 Å². The average Bonchev–Trinajstić information content (AvgIpc) is 2.48. The van der Waals surface area contributed by atoms with E-state index in [1.807, 2.05) is 0 Å². The number of rotatable bonds is 5. The SMILES string of the molecule is CCOC(=O)c1ccc(OS(=O)(=O)c2ccccc2Cl)cc1. The second-order valence-electron chi connectivity index (χ2n) is 4.21. The highest BCUT2D eigenvalue weighted by Gasteiger charge is 2.20. The zero-order valence-corrected chi connectivity index (χ0v) is 13.2. The molecule has 0 aliphatic rings. The Kier molecular flexibility index (Phi) is 5.05. The number of halogens is 1. The fourth-order valence-electron chi connectivity index (χ4n) is 1.68. The van der Waals surface area contributed by atoms with Crippen LogP contribution in [0.3, 0.4) is 0 Å². The van der Waals surface area contributed by atoms with E-state index < -0.39 is 16.1 Å². The van der Waals surface area contributed by atoms with Crippen LogP contribution in [-0.4, -0.2) is 21.0 Å². The Morgan fingerprint density at radius 2 is 1.73 bits per heavy atom. The van der Waals surface area contributed by atoms with Crippen LogP contribution < -0.4 is 4.18 Å². The van der Waals surface area contributed by atoms with Gasteiger partial charge in [0.2, 0.25) is 0 Å². The summed E-state index contributed by atoms with van der Waals surface area (Å²) in [5, 5.41) is 0.0747. The molecule has 0 radical (unpaired) electrons. The minimum atomic E-state index is -4.04. The van der Waals surface area contributed by atoms with Gasteiger partial charge in [0.15, 0.2) is 0 Å². The Hall–Kier alpha value is -2.05. The molecule has 22 heavy (non-hydrogen) atoms. The van der Waals surface area contributed by atoms with Crippen molar-refractivity contribution in [2.75, 3.05) is 6.61 Å². The Morgan fingerprint density at radius 1 is 1.09 bits per heavy atom.